The molecular formula is C18H34N2O. The molecule has 0 aromatic rings. The molecule has 3 aliphatic rings. The Morgan fingerprint density at radius 1 is 1.05 bits per heavy atom. The lowest BCUT2D eigenvalue weighted by Gasteiger charge is -2.44. The van der Waals surface area contributed by atoms with E-state index in [0.717, 1.165) is 0 Å². The second-order valence-corrected chi connectivity index (χ2v) is 8.82. The lowest BCUT2D eigenvalue weighted by atomic mass is 9.73. The molecule has 2 saturated heterocycles. The van der Waals surface area contributed by atoms with Crippen molar-refractivity contribution < 1.29 is 4.74 Å². The third-order valence-electron chi connectivity index (χ3n) is 5.59. The molecule has 1 saturated carbocycles. The minimum atomic E-state index is 0.231. The van der Waals surface area contributed by atoms with E-state index in [4.69, 9.17) is 4.74 Å². The van der Waals surface area contributed by atoms with Crippen LogP contribution in [0.3, 0.4) is 0 Å². The second-order valence-electron chi connectivity index (χ2n) is 8.82. The van der Waals surface area contributed by atoms with Crippen molar-refractivity contribution >= 4 is 0 Å². The molecule has 3 nitrogen and oxygen atoms in total. The van der Waals surface area contributed by atoms with Gasteiger partial charge < -0.3 is 10.1 Å². The van der Waals surface area contributed by atoms with Crippen molar-refractivity contribution in [3.05, 3.63) is 0 Å². The van der Waals surface area contributed by atoms with Crippen molar-refractivity contribution in [2.24, 2.45) is 5.41 Å². The Labute approximate surface area is 130 Å². The normalized spacial score (nSPS) is 33.3. The van der Waals surface area contributed by atoms with Gasteiger partial charge in [0.2, 0.25) is 0 Å². The largest absolute Gasteiger partial charge is 0.372 e. The lowest BCUT2D eigenvalue weighted by molar-refractivity contribution is -0.0547. The van der Waals surface area contributed by atoms with E-state index in [1.165, 1.54) is 71.1 Å². The van der Waals surface area contributed by atoms with Crippen molar-refractivity contribution in [2.45, 2.75) is 83.5 Å². The minimum absolute atomic E-state index is 0.231. The van der Waals surface area contributed by atoms with E-state index in [1.807, 2.05) is 0 Å². The predicted molar refractivity (Wildman–Crippen MR) is 87.6 cm³/mol. The molecule has 21 heavy (non-hydrogen) atoms. The van der Waals surface area contributed by atoms with Crippen LogP contribution in [0.5, 0.6) is 0 Å². The van der Waals surface area contributed by atoms with Gasteiger partial charge in [-0.3, -0.25) is 4.90 Å². The smallest absolute Gasteiger partial charge is 0.0707 e. The molecule has 2 bridgehead atoms. The van der Waals surface area contributed by atoms with Gasteiger partial charge in [0.15, 0.2) is 0 Å². The molecule has 2 heterocycles. The van der Waals surface area contributed by atoms with Crippen LogP contribution >= 0.6 is 0 Å². The quantitative estimate of drug-likeness (QED) is 0.862. The van der Waals surface area contributed by atoms with Gasteiger partial charge in [0.1, 0.15) is 0 Å². The molecule has 3 rings (SSSR count). The maximum Gasteiger partial charge on any atom is 0.0707 e. The zero-order valence-corrected chi connectivity index (χ0v) is 14.3. The van der Waals surface area contributed by atoms with Crippen LogP contribution in [0.1, 0.15) is 65.7 Å². The number of rotatable bonds is 4. The van der Waals surface area contributed by atoms with Crippen molar-refractivity contribution in [1.29, 1.82) is 0 Å². The Morgan fingerprint density at radius 2 is 1.67 bits per heavy atom. The molecule has 2 unspecified atom stereocenters. The van der Waals surface area contributed by atoms with E-state index >= 15 is 0 Å². The van der Waals surface area contributed by atoms with E-state index in [9.17, 15) is 0 Å². The summed E-state index contributed by atoms with van der Waals surface area (Å²) in [5.41, 5.74) is 0.733. The average molecular weight is 294 g/mol. The first-order chi connectivity index (χ1) is 9.94. The van der Waals surface area contributed by atoms with Gasteiger partial charge in [-0.25, -0.2) is 0 Å². The van der Waals surface area contributed by atoms with Crippen LogP contribution in [0, 0.1) is 5.41 Å². The summed E-state index contributed by atoms with van der Waals surface area (Å²) in [7, 11) is 0. The first-order valence-corrected chi connectivity index (χ1v) is 9.07. The topological polar surface area (TPSA) is 24.5 Å². The van der Waals surface area contributed by atoms with E-state index in [2.05, 4.69) is 31.0 Å². The first kappa shape index (κ1) is 15.8. The monoisotopic (exact) mass is 294 g/mol. The van der Waals surface area contributed by atoms with Gasteiger partial charge in [-0.05, 0) is 51.9 Å². The summed E-state index contributed by atoms with van der Waals surface area (Å²) in [5.74, 6) is 0. The first-order valence-electron chi connectivity index (χ1n) is 9.07. The van der Waals surface area contributed by atoms with E-state index < -0.39 is 0 Å². The molecule has 122 valence electrons. The molecular weight excluding hydrogens is 260 g/mol. The van der Waals surface area contributed by atoms with Crippen molar-refractivity contribution in [3.8, 4) is 0 Å². The van der Waals surface area contributed by atoms with Gasteiger partial charge in [0, 0.05) is 31.7 Å². The highest BCUT2D eigenvalue weighted by Crippen LogP contribution is 2.38. The van der Waals surface area contributed by atoms with Crippen molar-refractivity contribution in [3.63, 3.8) is 0 Å². The lowest BCUT2D eigenvalue weighted by Crippen LogP contribution is -2.53. The fourth-order valence-electron chi connectivity index (χ4n) is 4.45. The van der Waals surface area contributed by atoms with Crippen LogP contribution in [0.15, 0.2) is 0 Å². The summed E-state index contributed by atoms with van der Waals surface area (Å²) in [5, 5.41) is 3.80. The molecule has 0 amide bonds. The zero-order chi connectivity index (χ0) is 14.9. The molecule has 0 aromatic carbocycles. The fourth-order valence-corrected chi connectivity index (χ4v) is 4.45. The zero-order valence-electron chi connectivity index (χ0n) is 14.3. The average Bonchev–Trinajstić information content (AvgIpc) is 2.76. The number of ether oxygens (including phenoxy) is 1. The summed E-state index contributed by atoms with van der Waals surface area (Å²) in [6.45, 7) is 11.7. The summed E-state index contributed by atoms with van der Waals surface area (Å²) in [6, 6.07) is 0. The van der Waals surface area contributed by atoms with E-state index in [-0.39, 0.29) is 5.54 Å². The maximum absolute atomic E-state index is 6.01. The summed E-state index contributed by atoms with van der Waals surface area (Å²) in [4.78, 5) is 2.72. The molecule has 3 fully saturated rings. The number of likely N-dealkylation sites (tertiary alicyclic amines) is 1. The molecule has 0 aromatic heterocycles. The third kappa shape index (κ3) is 4.20. The Kier molecular flexibility index (Phi) is 4.63. The summed E-state index contributed by atoms with van der Waals surface area (Å²) < 4.78 is 6.01. The Morgan fingerprint density at radius 3 is 2.24 bits per heavy atom. The van der Waals surface area contributed by atoms with Crippen LogP contribution in [0.25, 0.3) is 0 Å². The van der Waals surface area contributed by atoms with Crippen LogP contribution in [0.4, 0.5) is 0 Å². The van der Waals surface area contributed by atoms with Crippen molar-refractivity contribution in [2.75, 3.05) is 26.2 Å². The predicted octanol–water partition coefficient (Wildman–Crippen LogP) is 3.19. The van der Waals surface area contributed by atoms with Gasteiger partial charge in [-0.15, -0.1) is 0 Å². The Balaban J connectivity index is 1.61. The Hall–Kier alpha value is -0.120. The van der Waals surface area contributed by atoms with Gasteiger partial charge in [-0.1, -0.05) is 19.3 Å². The number of hydrogen-bond donors (Lipinski definition) is 1. The maximum atomic E-state index is 6.01. The number of fused-ring (bicyclic) bond motifs is 2. The van der Waals surface area contributed by atoms with Crippen LogP contribution < -0.4 is 5.32 Å². The Bertz CT molecular complexity index is 332. The molecule has 2 aliphatic heterocycles. The SMILES string of the molecule is CC(C)(C)NCC1(CN2CC3CCC(C2)O3)CCCCC1. The van der Waals surface area contributed by atoms with Crippen LogP contribution in [-0.2, 0) is 4.74 Å². The number of nitrogens with one attached hydrogen (secondary N) is 1. The number of hydrogen-bond acceptors (Lipinski definition) is 3. The highest BCUT2D eigenvalue weighted by Gasteiger charge is 2.39. The number of morpholine rings is 1. The highest BCUT2D eigenvalue weighted by atomic mass is 16.5. The fraction of sp³-hybridized carbons (Fsp3) is 1.00. The molecule has 0 radical (unpaired) electrons. The van der Waals surface area contributed by atoms with Gasteiger partial charge in [0.25, 0.3) is 0 Å². The van der Waals surface area contributed by atoms with Gasteiger partial charge in [-0.2, -0.15) is 0 Å². The van der Waals surface area contributed by atoms with E-state index in [0.29, 0.717) is 17.6 Å². The highest BCUT2D eigenvalue weighted by molar-refractivity contribution is 4.93. The summed E-state index contributed by atoms with van der Waals surface area (Å²) in [6.07, 6.45) is 10.7. The van der Waals surface area contributed by atoms with Crippen molar-refractivity contribution in [1.82, 2.24) is 10.2 Å². The molecule has 0 spiro atoms. The number of nitrogens with zero attached hydrogens (tertiary/aromatic N) is 1. The second kappa shape index (κ2) is 6.17. The van der Waals surface area contributed by atoms with Gasteiger partial charge in [0.05, 0.1) is 12.2 Å². The standard InChI is InChI=1S/C18H34N2O/c1-17(2,3)19-13-18(9-5-4-6-10-18)14-20-11-15-7-8-16(12-20)21-15/h15-16,19H,4-14H2,1-3H3. The van der Waals surface area contributed by atoms with Gasteiger partial charge >= 0.3 is 0 Å². The van der Waals surface area contributed by atoms with Crippen LogP contribution in [-0.4, -0.2) is 48.8 Å². The molecule has 1 N–H and O–H groups in total. The minimum Gasteiger partial charge on any atom is -0.372 e. The summed E-state index contributed by atoms with van der Waals surface area (Å²) >= 11 is 0. The molecule has 3 heteroatoms. The molecule has 2 atom stereocenters. The third-order valence-corrected chi connectivity index (χ3v) is 5.59. The van der Waals surface area contributed by atoms with E-state index in [1.54, 1.807) is 0 Å². The molecule has 1 aliphatic carbocycles. The van der Waals surface area contributed by atoms with Crippen LogP contribution in [0.2, 0.25) is 0 Å².